The fourth-order valence-corrected chi connectivity index (χ4v) is 5.83. The Hall–Kier alpha value is -3.57. The SMILES string of the molecule is CC(=O)NC[C@H]1CN(c2ccc([N+]3([O-])CCN(S(=O)(=O)c4ccccc4C#N)CC3)c(F)c2)C(=O)O1. The lowest BCUT2D eigenvalue weighted by Crippen LogP contribution is -2.58. The zero-order valence-corrected chi connectivity index (χ0v) is 20.2. The molecule has 0 saturated carbocycles. The molecule has 0 bridgehead atoms. The van der Waals surface area contributed by atoms with E-state index in [1.54, 1.807) is 6.07 Å². The number of carbonyl (C=O) groups excluding carboxylic acids is 2. The molecular weight excluding hydrogens is 493 g/mol. The summed E-state index contributed by atoms with van der Waals surface area (Å²) in [6, 6.07) is 11.5. The van der Waals surface area contributed by atoms with E-state index < -0.39 is 32.7 Å². The Bertz CT molecular complexity index is 1340. The zero-order chi connectivity index (χ0) is 26.1. The second-order valence-electron chi connectivity index (χ2n) is 8.54. The first-order valence-electron chi connectivity index (χ1n) is 11.2. The zero-order valence-electron chi connectivity index (χ0n) is 19.4. The molecule has 2 aliphatic heterocycles. The number of nitriles is 1. The van der Waals surface area contributed by atoms with E-state index >= 15 is 4.39 Å². The lowest BCUT2D eigenvalue weighted by molar-refractivity contribution is -0.119. The van der Waals surface area contributed by atoms with Crippen LogP contribution in [-0.2, 0) is 19.6 Å². The van der Waals surface area contributed by atoms with Crippen LogP contribution in [0.5, 0.6) is 0 Å². The standard InChI is InChI=1S/C23H24FN5O6S/c1-16(30)26-14-19-15-28(23(31)35-19)18-6-7-21(20(24)12-18)29(32)10-8-27(9-11-29)36(33,34)22-5-3-2-4-17(22)13-25/h2-7,12,19H,8-11,14-15H2,1H3,(H,26,30)/t19-/m0/s1. The molecule has 190 valence electrons. The summed E-state index contributed by atoms with van der Waals surface area (Å²) in [5.41, 5.74) is 0.0374. The quantitative estimate of drug-likeness (QED) is 0.454. The van der Waals surface area contributed by atoms with Crippen LogP contribution in [0.15, 0.2) is 47.4 Å². The number of sulfonamides is 1. The van der Waals surface area contributed by atoms with Crippen LogP contribution in [-0.4, -0.2) is 70.1 Å². The smallest absolute Gasteiger partial charge is 0.414 e. The van der Waals surface area contributed by atoms with Crippen molar-refractivity contribution < 1.29 is 27.1 Å². The summed E-state index contributed by atoms with van der Waals surface area (Å²) in [5, 5.41) is 25.3. The lowest BCUT2D eigenvalue weighted by Gasteiger charge is -2.47. The van der Waals surface area contributed by atoms with Crippen molar-refractivity contribution in [1.29, 1.82) is 5.26 Å². The molecule has 0 spiro atoms. The van der Waals surface area contributed by atoms with E-state index in [0.29, 0.717) is 0 Å². The number of nitrogens with zero attached hydrogens (tertiary/aromatic N) is 4. The van der Waals surface area contributed by atoms with E-state index in [9.17, 15) is 28.5 Å². The molecule has 0 aliphatic carbocycles. The third-order valence-electron chi connectivity index (χ3n) is 6.18. The maximum Gasteiger partial charge on any atom is 0.414 e. The van der Waals surface area contributed by atoms with E-state index in [0.717, 1.165) is 10.4 Å². The van der Waals surface area contributed by atoms with E-state index in [2.05, 4.69) is 5.32 Å². The van der Waals surface area contributed by atoms with Crippen LogP contribution in [0.25, 0.3) is 0 Å². The molecule has 2 heterocycles. The molecule has 2 fully saturated rings. The van der Waals surface area contributed by atoms with Crippen LogP contribution in [0.2, 0.25) is 0 Å². The fraction of sp³-hybridized carbons (Fsp3) is 0.348. The number of cyclic esters (lactones) is 1. The van der Waals surface area contributed by atoms with E-state index in [4.69, 9.17) is 4.74 Å². The summed E-state index contributed by atoms with van der Waals surface area (Å²) in [4.78, 5) is 24.4. The molecule has 2 amide bonds. The van der Waals surface area contributed by atoms with Gasteiger partial charge in [-0.3, -0.25) is 9.69 Å². The highest BCUT2D eigenvalue weighted by molar-refractivity contribution is 7.89. The number of rotatable bonds is 6. The maximum absolute atomic E-state index is 15.1. The Kier molecular flexibility index (Phi) is 6.96. The minimum atomic E-state index is -4.00. The summed E-state index contributed by atoms with van der Waals surface area (Å²) in [6.07, 6.45) is -1.29. The van der Waals surface area contributed by atoms with Gasteiger partial charge in [-0.25, -0.2) is 17.6 Å². The van der Waals surface area contributed by atoms with Gasteiger partial charge in [-0.15, -0.1) is 0 Å². The van der Waals surface area contributed by atoms with Crippen molar-refractivity contribution in [2.75, 3.05) is 44.2 Å². The molecule has 0 unspecified atom stereocenters. The summed E-state index contributed by atoms with van der Waals surface area (Å²) in [6.45, 7) is 0.795. The normalized spacial score (nSPS) is 20.0. The summed E-state index contributed by atoms with van der Waals surface area (Å²) < 4.78 is 46.4. The number of amides is 2. The van der Waals surface area contributed by atoms with Crippen molar-refractivity contribution in [3.63, 3.8) is 0 Å². The van der Waals surface area contributed by atoms with Crippen LogP contribution in [0, 0.1) is 22.4 Å². The van der Waals surface area contributed by atoms with E-state index in [-0.39, 0.29) is 67.0 Å². The molecule has 4 rings (SSSR count). The van der Waals surface area contributed by atoms with Crippen molar-refractivity contribution in [1.82, 2.24) is 14.3 Å². The molecule has 2 aromatic carbocycles. The average Bonchev–Trinajstić information content (AvgIpc) is 3.23. The molecule has 11 nitrogen and oxygen atoms in total. The lowest BCUT2D eigenvalue weighted by atomic mass is 10.2. The van der Waals surface area contributed by atoms with Gasteiger partial charge in [0, 0.05) is 19.1 Å². The number of nitrogens with one attached hydrogen (secondary N) is 1. The van der Waals surface area contributed by atoms with Crippen molar-refractivity contribution >= 4 is 33.4 Å². The largest absolute Gasteiger partial charge is 0.627 e. The van der Waals surface area contributed by atoms with Crippen LogP contribution >= 0.6 is 0 Å². The van der Waals surface area contributed by atoms with Gasteiger partial charge in [-0.1, -0.05) is 12.1 Å². The van der Waals surface area contributed by atoms with Gasteiger partial charge in [-0.2, -0.15) is 9.57 Å². The minimum Gasteiger partial charge on any atom is -0.627 e. The number of hydrogen-bond acceptors (Lipinski definition) is 7. The summed E-state index contributed by atoms with van der Waals surface area (Å²) in [7, 11) is -4.00. The highest BCUT2D eigenvalue weighted by Gasteiger charge is 2.38. The molecule has 36 heavy (non-hydrogen) atoms. The van der Waals surface area contributed by atoms with Crippen molar-refractivity contribution in [3.8, 4) is 6.07 Å². The van der Waals surface area contributed by atoms with Gasteiger partial charge in [-0.05, 0) is 18.2 Å². The Labute approximate surface area is 207 Å². The number of anilines is 1. The third-order valence-corrected chi connectivity index (χ3v) is 8.14. The maximum atomic E-state index is 15.1. The molecule has 2 saturated heterocycles. The topological polar surface area (TPSA) is 143 Å². The Morgan fingerprint density at radius 1 is 1.28 bits per heavy atom. The van der Waals surface area contributed by atoms with Gasteiger partial charge < -0.3 is 19.9 Å². The van der Waals surface area contributed by atoms with Gasteiger partial charge in [0.15, 0.2) is 11.5 Å². The number of hydroxylamine groups is 2. The molecule has 2 aliphatic rings. The van der Waals surface area contributed by atoms with E-state index in [1.807, 2.05) is 6.07 Å². The van der Waals surface area contributed by atoms with Crippen molar-refractivity contribution in [2.24, 2.45) is 0 Å². The Morgan fingerprint density at radius 3 is 2.61 bits per heavy atom. The van der Waals surface area contributed by atoms with Gasteiger partial charge in [0.2, 0.25) is 15.9 Å². The Balaban J connectivity index is 1.47. The fourth-order valence-electron chi connectivity index (χ4n) is 4.26. The predicted molar refractivity (Wildman–Crippen MR) is 128 cm³/mol. The molecule has 13 heteroatoms. The minimum absolute atomic E-state index is 0.00679. The first-order chi connectivity index (χ1) is 17.0. The summed E-state index contributed by atoms with van der Waals surface area (Å²) in [5.74, 6) is -1.10. The number of benzene rings is 2. The monoisotopic (exact) mass is 517 g/mol. The first kappa shape index (κ1) is 25.5. The molecule has 0 radical (unpaired) electrons. The molecular formula is C23H24FN5O6S. The first-order valence-corrected chi connectivity index (χ1v) is 12.6. The molecule has 1 N–H and O–H groups in total. The van der Waals surface area contributed by atoms with Crippen molar-refractivity contribution in [3.05, 3.63) is 59.1 Å². The molecule has 2 aromatic rings. The van der Waals surface area contributed by atoms with Gasteiger partial charge in [0.05, 0.1) is 55.4 Å². The molecule has 0 aromatic heterocycles. The number of hydrogen-bond donors (Lipinski definition) is 1. The number of quaternary nitrogens is 1. The second-order valence-corrected chi connectivity index (χ2v) is 10.4. The number of halogens is 1. The van der Waals surface area contributed by atoms with Crippen LogP contribution in [0.4, 0.5) is 20.6 Å². The number of ether oxygens (including phenoxy) is 1. The van der Waals surface area contributed by atoms with Crippen LogP contribution < -0.4 is 14.9 Å². The van der Waals surface area contributed by atoms with E-state index in [1.165, 1.54) is 42.2 Å². The highest BCUT2D eigenvalue weighted by Crippen LogP contribution is 2.33. The number of piperazine rings is 1. The second kappa shape index (κ2) is 9.82. The Morgan fingerprint density at radius 2 is 1.97 bits per heavy atom. The predicted octanol–water partition coefficient (Wildman–Crippen LogP) is 1.67. The van der Waals surface area contributed by atoms with Crippen LogP contribution in [0.1, 0.15) is 12.5 Å². The number of carbonyl (C=O) groups is 2. The van der Waals surface area contributed by atoms with Crippen molar-refractivity contribution in [2.45, 2.75) is 17.9 Å². The van der Waals surface area contributed by atoms with Gasteiger partial charge in [0.1, 0.15) is 12.2 Å². The van der Waals surface area contributed by atoms with Gasteiger partial charge in [0.25, 0.3) is 0 Å². The molecule has 1 atom stereocenters. The van der Waals surface area contributed by atoms with Gasteiger partial charge >= 0.3 is 6.09 Å². The third kappa shape index (κ3) is 4.89. The average molecular weight is 518 g/mol. The summed E-state index contributed by atoms with van der Waals surface area (Å²) >= 11 is 0. The highest BCUT2D eigenvalue weighted by atomic mass is 32.2. The van der Waals surface area contributed by atoms with Crippen LogP contribution in [0.3, 0.4) is 0 Å².